The number of hydrogen-bond donors (Lipinski definition) is 2. The number of benzene rings is 2. The highest BCUT2D eigenvalue weighted by Gasteiger charge is 2.20. The fourth-order valence-corrected chi connectivity index (χ4v) is 4.25. The maximum absolute atomic E-state index is 14.2. The van der Waals surface area contributed by atoms with Gasteiger partial charge in [-0.05, 0) is 63.2 Å². The zero-order valence-corrected chi connectivity index (χ0v) is 16.7. The summed E-state index contributed by atoms with van der Waals surface area (Å²) in [5, 5.41) is 3.58. The Balaban J connectivity index is 1.89. The van der Waals surface area contributed by atoms with Gasteiger partial charge in [0, 0.05) is 35.4 Å². The van der Waals surface area contributed by atoms with Gasteiger partial charge in [0.15, 0.2) is 0 Å². The number of fused-ring (bicyclic) bond motifs is 1. The minimum absolute atomic E-state index is 0.164. The summed E-state index contributed by atoms with van der Waals surface area (Å²) in [6.45, 7) is 6.21. The number of aryl methyl sites for hydroxylation is 1. The molecule has 0 radical (unpaired) electrons. The van der Waals surface area contributed by atoms with E-state index in [1.165, 1.54) is 0 Å². The van der Waals surface area contributed by atoms with Crippen LogP contribution in [0.15, 0.2) is 53.6 Å². The standard InChI is InChI=1S/C20H22FN3O3S/c1-4-24-10-9-14-11-15(5-8-19(14)24)22-20(25)17-12-16(6-7-18(17)21)28(26,27)23-13(2)3/h5-13,23H,4H2,1-3H3,(H,22,25). The van der Waals surface area contributed by atoms with Crippen LogP contribution in [0.5, 0.6) is 0 Å². The highest BCUT2D eigenvalue weighted by Crippen LogP contribution is 2.22. The first-order valence-corrected chi connectivity index (χ1v) is 10.4. The molecule has 0 aliphatic rings. The molecule has 2 N–H and O–H groups in total. The van der Waals surface area contributed by atoms with Crippen LogP contribution < -0.4 is 10.0 Å². The van der Waals surface area contributed by atoms with Gasteiger partial charge in [-0.3, -0.25) is 4.79 Å². The molecule has 1 heterocycles. The van der Waals surface area contributed by atoms with Crippen LogP contribution in [0.2, 0.25) is 0 Å². The van der Waals surface area contributed by atoms with E-state index in [9.17, 15) is 17.6 Å². The molecule has 0 unspecified atom stereocenters. The normalized spacial score (nSPS) is 11.9. The number of carbonyl (C=O) groups is 1. The number of amides is 1. The molecule has 1 amide bonds. The number of halogens is 1. The van der Waals surface area contributed by atoms with Crippen molar-refractivity contribution in [3.05, 3.63) is 60.0 Å². The van der Waals surface area contributed by atoms with E-state index in [1.54, 1.807) is 26.0 Å². The molecule has 0 fully saturated rings. The Kier molecular flexibility index (Phi) is 5.53. The molecule has 0 spiro atoms. The average Bonchev–Trinajstić information content (AvgIpc) is 3.03. The summed E-state index contributed by atoms with van der Waals surface area (Å²) >= 11 is 0. The first kappa shape index (κ1) is 20.0. The smallest absolute Gasteiger partial charge is 0.258 e. The molecule has 0 saturated heterocycles. The van der Waals surface area contributed by atoms with Crippen molar-refractivity contribution in [1.29, 1.82) is 0 Å². The topological polar surface area (TPSA) is 80.2 Å². The Morgan fingerprint density at radius 2 is 1.89 bits per heavy atom. The molecular formula is C20H22FN3O3S. The maximum Gasteiger partial charge on any atom is 0.258 e. The second-order valence-corrected chi connectivity index (χ2v) is 8.46. The molecule has 3 aromatic rings. The van der Waals surface area contributed by atoms with E-state index in [-0.39, 0.29) is 16.5 Å². The van der Waals surface area contributed by atoms with Crippen molar-refractivity contribution < 1.29 is 17.6 Å². The number of hydrogen-bond acceptors (Lipinski definition) is 3. The Bertz CT molecular complexity index is 1140. The molecule has 148 valence electrons. The zero-order chi connectivity index (χ0) is 20.5. The van der Waals surface area contributed by atoms with Crippen LogP contribution >= 0.6 is 0 Å². The summed E-state index contributed by atoms with van der Waals surface area (Å²) < 4.78 is 43.3. The van der Waals surface area contributed by atoms with Gasteiger partial charge in [0.25, 0.3) is 5.91 Å². The van der Waals surface area contributed by atoms with Crippen molar-refractivity contribution in [2.24, 2.45) is 0 Å². The monoisotopic (exact) mass is 403 g/mol. The largest absolute Gasteiger partial charge is 0.348 e. The molecule has 3 rings (SSSR count). The third-order valence-electron chi connectivity index (χ3n) is 4.25. The number of aromatic nitrogens is 1. The Morgan fingerprint density at radius 3 is 2.57 bits per heavy atom. The molecule has 2 aromatic carbocycles. The van der Waals surface area contributed by atoms with Crippen molar-refractivity contribution in [2.75, 3.05) is 5.32 Å². The van der Waals surface area contributed by atoms with Gasteiger partial charge in [-0.25, -0.2) is 17.5 Å². The minimum Gasteiger partial charge on any atom is -0.348 e. The van der Waals surface area contributed by atoms with E-state index in [0.717, 1.165) is 35.6 Å². The molecule has 0 aliphatic heterocycles. The van der Waals surface area contributed by atoms with Gasteiger partial charge in [-0.1, -0.05) is 0 Å². The molecule has 1 aromatic heterocycles. The Labute approximate surface area is 163 Å². The van der Waals surface area contributed by atoms with Crippen molar-refractivity contribution in [1.82, 2.24) is 9.29 Å². The van der Waals surface area contributed by atoms with Crippen LogP contribution in [0.4, 0.5) is 10.1 Å². The van der Waals surface area contributed by atoms with Crippen LogP contribution in [0.3, 0.4) is 0 Å². The third kappa shape index (κ3) is 4.07. The predicted octanol–water partition coefficient (Wildman–Crippen LogP) is 3.74. The fraction of sp³-hybridized carbons (Fsp3) is 0.250. The number of sulfonamides is 1. The summed E-state index contributed by atoms with van der Waals surface area (Å²) in [5.74, 6) is -1.51. The maximum atomic E-state index is 14.2. The minimum atomic E-state index is -3.83. The van der Waals surface area contributed by atoms with Gasteiger partial charge in [0.05, 0.1) is 10.5 Å². The lowest BCUT2D eigenvalue weighted by Gasteiger charge is -2.12. The fourth-order valence-electron chi connectivity index (χ4n) is 2.98. The first-order chi connectivity index (χ1) is 13.2. The number of nitrogens with one attached hydrogen (secondary N) is 2. The molecule has 28 heavy (non-hydrogen) atoms. The van der Waals surface area contributed by atoms with Crippen molar-refractivity contribution in [3.63, 3.8) is 0 Å². The highest BCUT2D eigenvalue weighted by molar-refractivity contribution is 7.89. The van der Waals surface area contributed by atoms with Gasteiger partial charge in [0.2, 0.25) is 10.0 Å². The Hall–Kier alpha value is -2.71. The van der Waals surface area contributed by atoms with Gasteiger partial charge in [-0.15, -0.1) is 0 Å². The second kappa shape index (κ2) is 7.73. The third-order valence-corrected chi connectivity index (χ3v) is 5.91. The molecule has 0 atom stereocenters. The van der Waals surface area contributed by atoms with Gasteiger partial charge in [-0.2, -0.15) is 0 Å². The quantitative estimate of drug-likeness (QED) is 0.658. The van der Waals surface area contributed by atoms with Gasteiger partial charge < -0.3 is 9.88 Å². The number of nitrogens with zero attached hydrogens (tertiary/aromatic N) is 1. The molecule has 8 heteroatoms. The zero-order valence-electron chi connectivity index (χ0n) is 15.9. The highest BCUT2D eigenvalue weighted by atomic mass is 32.2. The number of carbonyl (C=O) groups excluding carboxylic acids is 1. The van der Waals surface area contributed by atoms with Crippen molar-refractivity contribution in [2.45, 2.75) is 38.3 Å². The molecule has 0 bridgehead atoms. The van der Waals surface area contributed by atoms with Crippen molar-refractivity contribution >= 4 is 32.5 Å². The second-order valence-electron chi connectivity index (χ2n) is 6.75. The van der Waals surface area contributed by atoms with E-state index >= 15 is 0 Å². The summed E-state index contributed by atoms with van der Waals surface area (Å²) in [6.07, 6.45) is 1.95. The summed E-state index contributed by atoms with van der Waals surface area (Å²) in [4.78, 5) is 12.4. The summed E-state index contributed by atoms with van der Waals surface area (Å²) in [5.41, 5.74) is 1.19. The van der Waals surface area contributed by atoms with Crippen LogP contribution in [0.25, 0.3) is 10.9 Å². The SMILES string of the molecule is CCn1ccc2cc(NC(=O)c3cc(S(=O)(=O)NC(C)C)ccc3F)ccc21. The van der Waals surface area contributed by atoms with Gasteiger partial charge in [0.1, 0.15) is 5.82 Å². The van der Waals surface area contributed by atoms with Crippen molar-refractivity contribution in [3.8, 4) is 0 Å². The lowest BCUT2D eigenvalue weighted by atomic mass is 10.2. The van der Waals surface area contributed by atoms with E-state index in [4.69, 9.17) is 0 Å². The van der Waals surface area contributed by atoms with Crippen LogP contribution in [0, 0.1) is 5.82 Å². The average molecular weight is 403 g/mol. The first-order valence-electron chi connectivity index (χ1n) is 8.93. The lowest BCUT2D eigenvalue weighted by Crippen LogP contribution is -2.30. The molecular weight excluding hydrogens is 381 g/mol. The van der Waals surface area contributed by atoms with E-state index in [2.05, 4.69) is 14.6 Å². The summed E-state index contributed by atoms with van der Waals surface area (Å²) in [6, 6.07) is 10.2. The molecule has 0 saturated carbocycles. The Morgan fingerprint density at radius 1 is 1.14 bits per heavy atom. The van der Waals surface area contributed by atoms with E-state index in [1.807, 2.05) is 25.3 Å². The van der Waals surface area contributed by atoms with E-state index < -0.39 is 21.7 Å². The lowest BCUT2D eigenvalue weighted by molar-refractivity contribution is 0.102. The number of rotatable bonds is 6. The van der Waals surface area contributed by atoms with Gasteiger partial charge >= 0.3 is 0 Å². The van der Waals surface area contributed by atoms with Crippen LogP contribution in [-0.2, 0) is 16.6 Å². The molecule has 0 aliphatic carbocycles. The van der Waals surface area contributed by atoms with E-state index in [0.29, 0.717) is 5.69 Å². The molecule has 6 nitrogen and oxygen atoms in total. The van der Waals surface area contributed by atoms with Crippen LogP contribution in [-0.4, -0.2) is 24.9 Å². The predicted molar refractivity (Wildman–Crippen MR) is 107 cm³/mol. The number of anilines is 1. The summed E-state index contributed by atoms with van der Waals surface area (Å²) in [7, 11) is -3.83. The van der Waals surface area contributed by atoms with Crippen LogP contribution in [0.1, 0.15) is 31.1 Å².